The molecule has 0 radical (unpaired) electrons. The van der Waals surface area contributed by atoms with Crippen LogP contribution < -0.4 is 10.2 Å². The third-order valence-corrected chi connectivity index (χ3v) is 5.07. The van der Waals surface area contributed by atoms with E-state index in [-0.39, 0.29) is 11.8 Å². The molecule has 0 aliphatic rings. The first-order valence-corrected chi connectivity index (χ1v) is 9.60. The molecular formula is C21H21N3O2S. The van der Waals surface area contributed by atoms with Crippen LogP contribution in [0.5, 0.6) is 0 Å². The second-order valence-corrected chi connectivity index (χ2v) is 7.02. The van der Waals surface area contributed by atoms with Crippen LogP contribution in [0.2, 0.25) is 0 Å². The number of nitrogens with one attached hydrogen (secondary N) is 1. The number of aromatic nitrogens is 1. The standard InChI is InChI=1S/C21H21N3O2S/c1-3-20(25)24(2)18-10-8-16(9-11-18)15-4-6-17(7-5-15)21(26)23-14-19-22-12-13-27-19/h4-13H,3,14H2,1-2H3,(H,23,26). The van der Waals surface area contributed by atoms with Crippen LogP contribution >= 0.6 is 11.3 Å². The molecule has 0 saturated heterocycles. The molecule has 138 valence electrons. The molecule has 2 aromatic carbocycles. The zero-order valence-electron chi connectivity index (χ0n) is 15.3. The number of hydrogen-bond donors (Lipinski definition) is 1. The van der Waals surface area contributed by atoms with E-state index in [1.54, 1.807) is 18.1 Å². The number of amides is 2. The highest BCUT2D eigenvalue weighted by atomic mass is 32.1. The van der Waals surface area contributed by atoms with Crippen LogP contribution in [0.25, 0.3) is 11.1 Å². The lowest BCUT2D eigenvalue weighted by Crippen LogP contribution is -2.24. The van der Waals surface area contributed by atoms with Gasteiger partial charge in [-0.05, 0) is 35.4 Å². The van der Waals surface area contributed by atoms with Gasteiger partial charge in [0.25, 0.3) is 5.91 Å². The molecule has 0 saturated carbocycles. The van der Waals surface area contributed by atoms with Gasteiger partial charge in [-0.2, -0.15) is 0 Å². The molecule has 0 aliphatic heterocycles. The molecule has 1 heterocycles. The molecule has 1 aromatic heterocycles. The Hall–Kier alpha value is -2.99. The highest BCUT2D eigenvalue weighted by Crippen LogP contribution is 2.23. The lowest BCUT2D eigenvalue weighted by molar-refractivity contribution is -0.118. The van der Waals surface area contributed by atoms with Crippen LogP contribution in [0.3, 0.4) is 0 Å². The summed E-state index contributed by atoms with van der Waals surface area (Å²) in [7, 11) is 1.78. The fourth-order valence-corrected chi connectivity index (χ4v) is 3.23. The maximum absolute atomic E-state index is 12.2. The Morgan fingerprint density at radius 1 is 1.04 bits per heavy atom. The second kappa shape index (κ2) is 8.60. The zero-order valence-corrected chi connectivity index (χ0v) is 16.1. The molecular weight excluding hydrogens is 358 g/mol. The van der Waals surface area contributed by atoms with E-state index < -0.39 is 0 Å². The van der Waals surface area contributed by atoms with E-state index in [2.05, 4.69) is 10.3 Å². The van der Waals surface area contributed by atoms with Crippen molar-refractivity contribution in [3.8, 4) is 11.1 Å². The Labute approximate surface area is 162 Å². The number of carbonyl (C=O) groups is 2. The van der Waals surface area contributed by atoms with Gasteiger partial charge in [-0.15, -0.1) is 11.3 Å². The number of benzene rings is 2. The van der Waals surface area contributed by atoms with Gasteiger partial charge < -0.3 is 10.2 Å². The lowest BCUT2D eigenvalue weighted by atomic mass is 10.0. The molecule has 0 fully saturated rings. The molecule has 0 aliphatic carbocycles. The summed E-state index contributed by atoms with van der Waals surface area (Å²) in [5, 5.41) is 5.64. The average molecular weight is 379 g/mol. The normalized spacial score (nSPS) is 10.4. The second-order valence-electron chi connectivity index (χ2n) is 6.04. The summed E-state index contributed by atoms with van der Waals surface area (Å²) in [6.45, 7) is 2.28. The number of anilines is 1. The minimum Gasteiger partial charge on any atom is -0.346 e. The van der Waals surface area contributed by atoms with Crippen molar-refractivity contribution in [3.63, 3.8) is 0 Å². The van der Waals surface area contributed by atoms with Crippen molar-refractivity contribution in [1.82, 2.24) is 10.3 Å². The summed E-state index contributed by atoms with van der Waals surface area (Å²) in [5.74, 6) is -0.0392. The first-order valence-electron chi connectivity index (χ1n) is 8.72. The maximum atomic E-state index is 12.2. The predicted molar refractivity (Wildman–Crippen MR) is 109 cm³/mol. The molecule has 3 rings (SSSR count). The fourth-order valence-electron chi connectivity index (χ4n) is 2.67. The van der Waals surface area contributed by atoms with Gasteiger partial charge in [-0.3, -0.25) is 9.59 Å². The third kappa shape index (κ3) is 4.60. The number of hydrogen-bond acceptors (Lipinski definition) is 4. The van der Waals surface area contributed by atoms with Gasteiger partial charge in [0, 0.05) is 36.3 Å². The predicted octanol–water partition coefficient (Wildman–Crippen LogP) is 4.11. The summed E-state index contributed by atoms with van der Waals surface area (Å²) < 4.78 is 0. The third-order valence-electron chi connectivity index (χ3n) is 4.30. The maximum Gasteiger partial charge on any atom is 0.251 e. The van der Waals surface area contributed by atoms with Gasteiger partial charge in [0.1, 0.15) is 5.01 Å². The number of thiazole rings is 1. The molecule has 3 aromatic rings. The van der Waals surface area contributed by atoms with Crippen LogP contribution in [-0.2, 0) is 11.3 Å². The SMILES string of the molecule is CCC(=O)N(C)c1ccc(-c2ccc(C(=O)NCc3nccs3)cc2)cc1. The molecule has 0 atom stereocenters. The Morgan fingerprint density at radius 2 is 1.67 bits per heavy atom. The monoisotopic (exact) mass is 379 g/mol. The molecule has 0 spiro atoms. The van der Waals surface area contributed by atoms with E-state index in [1.807, 2.05) is 60.8 Å². The molecule has 5 nitrogen and oxygen atoms in total. The van der Waals surface area contributed by atoms with Crippen molar-refractivity contribution in [2.24, 2.45) is 0 Å². The average Bonchev–Trinajstić information content (AvgIpc) is 3.25. The summed E-state index contributed by atoms with van der Waals surface area (Å²) in [5.41, 5.74) is 3.53. The largest absolute Gasteiger partial charge is 0.346 e. The Bertz CT molecular complexity index is 904. The van der Waals surface area contributed by atoms with Crippen molar-refractivity contribution in [2.75, 3.05) is 11.9 Å². The van der Waals surface area contributed by atoms with E-state index in [4.69, 9.17) is 0 Å². The summed E-state index contributed by atoms with van der Waals surface area (Å²) >= 11 is 1.52. The Balaban J connectivity index is 1.66. The highest BCUT2D eigenvalue weighted by Gasteiger charge is 2.09. The Kier molecular flexibility index (Phi) is 5.98. The van der Waals surface area contributed by atoms with Crippen molar-refractivity contribution >= 4 is 28.8 Å². The van der Waals surface area contributed by atoms with Crippen LogP contribution in [-0.4, -0.2) is 23.8 Å². The van der Waals surface area contributed by atoms with E-state index in [9.17, 15) is 9.59 Å². The number of carbonyl (C=O) groups excluding carboxylic acids is 2. The molecule has 2 amide bonds. The van der Waals surface area contributed by atoms with Gasteiger partial charge in [-0.25, -0.2) is 4.98 Å². The molecule has 6 heteroatoms. The van der Waals surface area contributed by atoms with Gasteiger partial charge in [-0.1, -0.05) is 31.2 Å². The lowest BCUT2D eigenvalue weighted by Gasteiger charge is -2.16. The smallest absolute Gasteiger partial charge is 0.251 e. The molecule has 0 unspecified atom stereocenters. The van der Waals surface area contributed by atoms with Gasteiger partial charge in [0.15, 0.2) is 0 Å². The van der Waals surface area contributed by atoms with Crippen LogP contribution in [0, 0.1) is 0 Å². The minimum absolute atomic E-state index is 0.0795. The molecule has 1 N–H and O–H groups in total. The quantitative estimate of drug-likeness (QED) is 0.701. The van der Waals surface area contributed by atoms with E-state index >= 15 is 0 Å². The van der Waals surface area contributed by atoms with Gasteiger partial charge in [0.05, 0.1) is 6.54 Å². The molecule has 0 bridgehead atoms. The Morgan fingerprint density at radius 3 is 2.22 bits per heavy atom. The van der Waals surface area contributed by atoms with Crippen molar-refractivity contribution in [3.05, 3.63) is 70.7 Å². The van der Waals surface area contributed by atoms with Crippen LogP contribution in [0.1, 0.15) is 28.7 Å². The van der Waals surface area contributed by atoms with Crippen LogP contribution in [0.15, 0.2) is 60.1 Å². The zero-order chi connectivity index (χ0) is 19.2. The van der Waals surface area contributed by atoms with E-state index in [1.165, 1.54) is 11.3 Å². The van der Waals surface area contributed by atoms with Crippen molar-refractivity contribution in [1.29, 1.82) is 0 Å². The van der Waals surface area contributed by atoms with E-state index in [0.29, 0.717) is 18.5 Å². The van der Waals surface area contributed by atoms with Gasteiger partial charge >= 0.3 is 0 Å². The van der Waals surface area contributed by atoms with Crippen molar-refractivity contribution in [2.45, 2.75) is 19.9 Å². The first kappa shape index (κ1) is 18.8. The minimum atomic E-state index is -0.119. The number of nitrogens with zero attached hydrogens (tertiary/aromatic N) is 2. The topological polar surface area (TPSA) is 62.3 Å². The first-order chi connectivity index (χ1) is 13.1. The highest BCUT2D eigenvalue weighted by molar-refractivity contribution is 7.09. The fraction of sp³-hybridized carbons (Fsp3) is 0.190. The molecule has 27 heavy (non-hydrogen) atoms. The summed E-state index contributed by atoms with van der Waals surface area (Å²) in [6, 6.07) is 15.3. The summed E-state index contributed by atoms with van der Waals surface area (Å²) in [6.07, 6.45) is 2.20. The van der Waals surface area contributed by atoms with Crippen LogP contribution in [0.4, 0.5) is 5.69 Å². The summed E-state index contributed by atoms with van der Waals surface area (Å²) in [4.78, 5) is 29.8. The van der Waals surface area contributed by atoms with Gasteiger partial charge in [0.2, 0.25) is 5.91 Å². The van der Waals surface area contributed by atoms with E-state index in [0.717, 1.165) is 21.8 Å². The number of rotatable bonds is 6. The van der Waals surface area contributed by atoms with Crippen molar-refractivity contribution < 1.29 is 9.59 Å².